The maximum atomic E-state index is 12.2. The number of carbonyl (C=O) groups excluding carboxylic acids is 2. The molecule has 26 heavy (non-hydrogen) atoms. The van der Waals surface area contributed by atoms with Gasteiger partial charge < -0.3 is 24.1 Å². The van der Waals surface area contributed by atoms with Gasteiger partial charge in [0.25, 0.3) is 0 Å². The Bertz CT molecular complexity index is 681. The van der Waals surface area contributed by atoms with E-state index in [0.29, 0.717) is 6.42 Å². The molecule has 3 fully saturated rings. The molecule has 142 valence electrons. The Balaban J connectivity index is 1.74. The Hall–Kier alpha value is -1.70. The van der Waals surface area contributed by atoms with E-state index in [0.717, 1.165) is 12.0 Å². The maximum Gasteiger partial charge on any atom is 0.334 e. The number of esters is 2. The summed E-state index contributed by atoms with van der Waals surface area (Å²) in [5.41, 5.74) is 0.321. The Morgan fingerprint density at radius 3 is 2.96 bits per heavy atom. The predicted molar refractivity (Wildman–Crippen MR) is 88.7 cm³/mol. The summed E-state index contributed by atoms with van der Waals surface area (Å²) in [6.07, 6.45) is 1.11. The number of hydrogen-bond acceptors (Lipinski definition) is 7. The van der Waals surface area contributed by atoms with Crippen LogP contribution in [0.4, 0.5) is 0 Å². The first-order valence-electron chi connectivity index (χ1n) is 9.09. The van der Waals surface area contributed by atoms with E-state index < -0.39 is 36.0 Å². The molecule has 6 atom stereocenters. The molecule has 0 aromatic heterocycles. The lowest BCUT2D eigenvalue weighted by Gasteiger charge is -2.32. The van der Waals surface area contributed by atoms with E-state index in [-0.39, 0.29) is 36.6 Å². The average Bonchev–Trinajstić information content (AvgIpc) is 3.20. The van der Waals surface area contributed by atoms with Crippen molar-refractivity contribution in [3.05, 3.63) is 23.8 Å². The second kappa shape index (κ2) is 6.18. The second-order valence-electron chi connectivity index (χ2n) is 7.84. The van der Waals surface area contributed by atoms with Crippen molar-refractivity contribution in [3.63, 3.8) is 0 Å². The third-order valence-electron chi connectivity index (χ3n) is 5.74. The van der Waals surface area contributed by atoms with Crippen LogP contribution in [0.1, 0.15) is 33.1 Å². The molecule has 2 bridgehead atoms. The van der Waals surface area contributed by atoms with Crippen molar-refractivity contribution in [2.45, 2.75) is 63.3 Å². The molecule has 0 amide bonds. The molecule has 3 saturated heterocycles. The number of ether oxygens (including phenoxy) is 4. The molecule has 5 rings (SSSR count). The standard InChI is InChI=1S/C19H24O7/c1-9(2)16(20)24-12-6-11-4-5-14-19(26-14,18(22)23-8-11)7-13-15(12)10(3)17(21)25-13/h6,9,12-15,18,22H,3-5,7-8H2,1-2H3/b11-6-. The van der Waals surface area contributed by atoms with Crippen LogP contribution in [0.15, 0.2) is 23.8 Å². The van der Waals surface area contributed by atoms with Crippen LogP contribution in [0.3, 0.4) is 0 Å². The number of carbonyl (C=O) groups is 2. The first-order chi connectivity index (χ1) is 12.3. The van der Waals surface area contributed by atoms with Gasteiger partial charge in [0, 0.05) is 12.0 Å². The first kappa shape index (κ1) is 17.7. The molecule has 6 unspecified atom stereocenters. The zero-order chi connectivity index (χ0) is 18.6. The van der Waals surface area contributed by atoms with E-state index in [9.17, 15) is 14.7 Å². The van der Waals surface area contributed by atoms with Crippen molar-refractivity contribution >= 4 is 11.9 Å². The van der Waals surface area contributed by atoms with Gasteiger partial charge in [0.1, 0.15) is 17.8 Å². The fourth-order valence-corrected chi connectivity index (χ4v) is 4.13. The molecule has 1 spiro atoms. The minimum Gasteiger partial charge on any atom is -0.458 e. The van der Waals surface area contributed by atoms with Crippen LogP contribution in [-0.4, -0.2) is 53.9 Å². The van der Waals surface area contributed by atoms with Crippen LogP contribution in [0.5, 0.6) is 0 Å². The lowest BCUT2D eigenvalue weighted by atomic mass is 9.81. The molecule has 7 nitrogen and oxygen atoms in total. The van der Waals surface area contributed by atoms with E-state index in [2.05, 4.69) is 6.58 Å². The summed E-state index contributed by atoms with van der Waals surface area (Å²) in [7, 11) is 0. The van der Waals surface area contributed by atoms with Crippen LogP contribution in [-0.2, 0) is 28.5 Å². The predicted octanol–water partition coefficient (Wildman–Crippen LogP) is 1.25. The molecule has 5 aliphatic rings. The molecule has 0 aromatic rings. The van der Waals surface area contributed by atoms with Gasteiger partial charge in [-0.05, 0) is 24.5 Å². The van der Waals surface area contributed by atoms with Crippen LogP contribution in [0.2, 0.25) is 0 Å². The fraction of sp³-hybridized carbons (Fsp3) is 0.684. The minimum absolute atomic E-state index is 0.135. The molecule has 0 aromatic carbocycles. The van der Waals surface area contributed by atoms with Crippen LogP contribution < -0.4 is 0 Å². The maximum absolute atomic E-state index is 12.2. The summed E-state index contributed by atoms with van der Waals surface area (Å²) >= 11 is 0. The lowest BCUT2D eigenvalue weighted by molar-refractivity contribution is -0.161. The fourth-order valence-electron chi connectivity index (χ4n) is 4.13. The van der Waals surface area contributed by atoms with E-state index in [1.807, 2.05) is 6.08 Å². The Morgan fingerprint density at radius 2 is 2.23 bits per heavy atom. The van der Waals surface area contributed by atoms with Gasteiger partial charge in [-0.15, -0.1) is 0 Å². The molecule has 1 aliphatic carbocycles. The van der Waals surface area contributed by atoms with Crippen molar-refractivity contribution in [2.75, 3.05) is 6.61 Å². The first-order valence-corrected chi connectivity index (χ1v) is 9.09. The third kappa shape index (κ3) is 2.78. The Labute approximate surface area is 151 Å². The molecule has 4 aliphatic heterocycles. The SMILES string of the molecule is C=C1C(=O)OC2CC34OC3CC/C(=C/C(OC(=O)C(C)C)C12)COC4O. The highest BCUT2D eigenvalue weighted by Crippen LogP contribution is 2.52. The molecule has 7 heteroatoms. The topological polar surface area (TPSA) is 94.6 Å². The number of rotatable bonds is 2. The summed E-state index contributed by atoms with van der Waals surface area (Å²) in [4.78, 5) is 24.4. The summed E-state index contributed by atoms with van der Waals surface area (Å²) in [5.74, 6) is -1.63. The number of fused-ring (bicyclic) bond motifs is 4. The Morgan fingerprint density at radius 1 is 1.46 bits per heavy atom. The Kier molecular flexibility index (Phi) is 4.21. The number of aliphatic hydroxyl groups excluding tert-OH is 1. The number of epoxide rings is 1. The molecular weight excluding hydrogens is 340 g/mol. The molecule has 0 saturated carbocycles. The van der Waals surface area contributed by atoms with Crippen molar-refractivity contribution in [2.24, 2.45) is 11.8 Å². The largest absolute Gasteiger partial charge is 0.458 e. The molecular formula is C19H24O7. The van der Waals surface area contributed by atoms with Gasteiger partial charge in [0.05, 0.1) is 24.5 Å². The third-order valence-corrected chi connectivity index (χ3v) is 5.74. The van der Waals surface area contributed by atoms with Gasteiger partial charge >= 0.3 is 11.9 Å². The molecule has 0 radical (unpaired) electrons. The van der Waals surface area contributed by atoms with E-state index >= 15 is 0 Å². The van der Waals surface area contributed by atoms with Gasteiger partial charge in [0.2, 0.25) is 0 Å². The van der Waals surface area contributed by atoms with Gasteiger partial charge in [0.15, 0.2) is 6.29 Å². The smallest absolute Gasteiger partial charge is 0.334 e. The van der Waals surface area contributed by atoms with Crippen molar-refractivity contribution in [1.82, 2.24) is 0 Å². The highest BCUT2D eigenvalue weighted by atomic mass is 16.7. The monoisotopic (exact) mass is 364 g/mol. The molecule has 4 heterocycles. The summed E-state index contributed by atoms with van der Waals surface area (Å²) in [6, 6.07) is 0. The van der Waals surface area contributed by atoms with Gasteiger partial charge in [-0.25, -0.2) is 4.79 Å². The normalized spacial score (nSPS) is 43.7. The van der Waals surface area contributed by atoms with Crippen LogP contribution in [0, 0.1) is 11.8 Å². The van der Waals surface area contributed by atoms with Crippen molar-refractivity contribution in [1.29, 1.82) is 0 Å². The lowest BCUT2D eigenvalue weighted by Crippen LogP contribution is -2.44. The second-order valence-corrected chi connectivity index (χ2v) is 7.84. The van der Waals surface area contributed by atoms with E-state index in [4.69, 9.17) is 18.9 Å². The highest BCUT2D eigenvalue weighted by molar-refractivity contribution is 5.91. The summed E-state index contributed by atoms with van der Waals surface area (Å²) < 4.78 is 22.6. The minimum atomic E-state index is -1.08. The van der Waals surface area contributed by atoms with Gasteiger partial charge in [-0.3, -0.25) is 4.79 Å². The van der Waals surface area contributed by atoms with Crippen molar-refractivity contribution in [3.8, 4) is 0 Å². The quantitative estimate of drug-likeness (QED) is 0.341. The summed E-state index contributed by atoms with van der Waals surface area (Å²) in [5, 5.41) is 10.5. The number of hydrogen-bond donors (Lipinski definition) is 1. The van der Waals surface area contributed by atoms with Gasteiger partial charge in [-0.2, -0.15) is 0 Å². The highest BCUT2D eigenvalue weighted by Gasteiger charge is 2.65. The van der Waals surface area contributed by atoms with E-state index in [1.54, 1.807) is 13.8 Å². The zero-order valence-electron chi connectivity index (χ0n) is 15.0. The van der Waals surface area contributed by atoms with E-state index in [1.165, 1.54) is 0 Å². The van der Waals surface area contributed by atoms with Crippen LogP contribution >= 0.6 is 0 Å². The summed E-state index contributed by atoms with van der Waals surface area (Å²) in [6.45, 7) is 7.62. The number of aliphatic hydroxyl groups is 1. The average molecular weight is 364 g/mol. The van der Waals surface area contributed by atoms with Gasteiger partial charge in [-0.1, -0.05) is 20.4 Å². The molecule has 1 N–H and O–H groups in total. The van der Waals surface area contributed by atoms with Crippen molar-refractivity contribution < 1.29 is 33.6 Å². The zero-order valence-corrected chi connectivity index (χ0v) is 15.0. The van der Waals surface area contributed by atoms with Crippen LogP contribution in [0.25, 0.3) is 0 Å².